The van der Waals surface area contributed by atoms with Gasteiger partial charge in [-0.3, -0.25) is 0 Å². The van der Waals surface area contributed by atoms with Crippen LogP contribution in [0, 0.1) is 12.8 Å². The lowest BCUT2D eigenvalue weighted by atomic mass is 10.1. The molecule has 14 heavy (non-hydrogen) atoms. The summed E-state index contributed by atoms with van der Waals surface area (Å²) in [4.78, 5) is 5.57. The van der Waals surface area contributed by atoms with E-state index in [4.69, 9.17) is 0 Å². The maximum absolute atomic E-state index is 4.23. The lowest BCUT2D eigenvalue weighted by Gasteiger charge is -2.10. The van der Waals surface area contributed by atoms with Gasteiger partial charge in [-0.1, -0.05) is 20.3 Å². The van der Waals surface area contributed by atoms with Crippen LogP contribution in [0.3, 0.4) is 0 Å². The van der Waals surface area contributed by atoms with E-state index in [1.165, 1.54) is 17.7 Å². The fraction of sp³-hybridized carbons (Fsp3) is 0.727. The number of aryl methyl sites for hydroxylation is 1. The van der Waals surface area contributed by atoms with Gasteiger partial charge in [-0.2, -0.15) is 0 Å². The maximum Gasteiger partial charge on any atom is 0.0897 e. The first-order valence-electron chi connectivity index (χ1n) is 5.34. The molecule has 1 aromatic heterocycles. The van der Waals surface area contributed by atoms with Crippen LogP contribution < -0.4 is 5.32 Å². The van der Waals surface area contributed by atoms with Crippen LogP contribution in [0.2, 0.25) is 0 Å². The Morgan fingerprint density at radius 2 is 2.36 bits per heavy atom. The normalized spacial score (nSPS) is 13.1. The predicted molar refractivity (Wildman–Crippen MR) is 62.6 cm³/mol. The van der Waals surface area contributed by atoms with Crippen molar-refractivity contribution in [3.8, 4) is 0 Å². The second-order valence-corrected chi connectivity index (χ2v) is 5.19. The van der Waals surface area contributed by atoms with Gasteiger partial charge in [0, 0.05) is 17.6 Å². The van der Waals surface area contributed by atoms with E-state index in [1.54, 1.807) is 11.3 Å². The molecule has 1 unspecified atom stereocenters. The SMILES string of the molecule is CCCC(C)CNCc1cnc(C)s1. The summed E-state index contributed by atoms with van der Waals surface area (Å²) in [5, 5.41) is 4.63. The van der Waals surface area contributed by atoms with Crippen molar-refractivity contribution in [2.75, 3.05) is 6.54 Å². The summed E-state index contributed by atoms with van der Waals surface area (Å²) in [5.41, 5.74) is 0. The molecule has 0 aliphatic carbocycles. The van der Waals surface area contributed by atoms with E-state index >= 15 is 0 Å². The number of aromatic nitrogens is 1. The van der Waals surface area contributed by atoms with Crippen LogP contribution in [0.1, 0.15) is 36.6 Å². The predicted octanol–water partition coefficient (Wildman–Crippen LogP) is 2.98. The van der Waals surface area contributed by atoms with E-state index in [1.807, 2.05) is 13.1 Å². The maximum atomic E-state index is 4.23. The minimum atomic E-state index is 0.786. The molecule has 0 aliphatic heterocycles. The van der Waals surface area contributed by atoms with Crippen molar-refractivity contribution in [1.29, 1.82) is 0 Å². The topological polar surface area (TPSA) is 24.9 Å². The molecule has 1 aromatic rings. The summed E-state index contributed by atoms with van der Waals surface area (Å²) in [6.45, 7) is 8.68. The molecule has 0 aliphatic rings. The standard InChI is InChI=1S/C11H20N2S/c1-4-5-9(2)6-12-7-11-8-13-10(3)14-11/h8-9,12H,4-7H2,1-3H3. The highest BCUT2D eigenvalue weighted by Gasteiger charge is 2.01. The van der Waals surface area contributed by atoms with Crippen LogP contribution in [0.25, 0.3) is 0 Å². The molecule has 0 spiro atoms. The summed E-state index contributed by atoms with van der Waals surface area (Å²) < 4.78 is 0. The fourth-order valence-corrected chi connectivity index (χ4v) is 2.29. The zero-order valence-corrected chi connectivity index (χ0v) is 10.2. The van der Waals surface area contributed by atoms with Crippen molar-refractivity contribution in [2.24, 2.45) is 5.92 Å². The van der Waals surface area contributed by atoms with E-state index in [9.17, 15) is 0 Å². The molecule has 0 bridgehead atoms. The second kappa shape index (κ2) is 6.14. The highest BCUT2D eigenvalue weighted by Crippen LogP contribution is 2.11. The molecule has 0 radical (unpaired) electrons. The van der Waals surface area contributed by atoms with Gasteiger partial charge in [0.05, 0.1) is 5.01 Å². The Kier molecular flexibility index (Phi) is 5.12. The molecule has 80 valence electrons. The van der Waals surface area contributed by atoms with Gasteiger partial charge in [-0.15, -0.1) is 11.3 Å². The van der Waals surface area contributed by atoms with Crippen LogP contribution >= 0.6 is 11.3 Å². The number of hydrogen-bond acceptors (Lipinski definition) is 3. The fourth-order valence-electron chi connectivity index (χ4n) is 1.52. The van der Waals surface area contributed by atoms with E-state index < -0.39 is 0 Å². The molecule has 0 saturated carbocycles. The minimum absolute atomic E-state index is 0.786. The highest BCUT2D eigenvalue weighted by molar-refractivity contribution is 7.11. The van der Waals surface area contributed by atoms with Gasteiger partial charge >= 0.3 is 0 Å². The third-order valence-electron chi connectivity index (χ3n) is 2.24. The minimum Gasteiger partial charge on any atom is -0.312 e. The van der Waals surface area contributed by atoms with Crippen LogP contribution in [0.15, 0.2) is 6.20 Å². The van der Waals surface area contributed by atoms with E-state index in [0.29, 0.717) is 0 Å². The molecule has 1 N–H and O–H groups in total. The quantitative estimate of drug-likeness (QED) is 0.784. The van der Waals surface area contributed by atoms with Crippen molar-refractivity contribution >= 4 is 11.3 Å². The number of nitrogens with zero attached hydrogens (tertiary/aromatic N) is 1. The lowest BCUT2D eigenvalue weighted by Crippen LogP contribution is -2.20. The average Bonchev–Trinajstić information content (AvgIpc) is 2.52. The van der Waals surface area contributed by atoms with Gasteiger partial charge in [-0.05, 0) is 25.8 Å². The third kappa shape index (κ3) is 4.20. The van der Waals surface area contributed by atoms with Gasteiger partial charge in [0.15, 0.2) is 0 Å². The van der Waals surface area contributed by atoms with Crippen molar-refractivity contribution in [1.82, 2.24) is 10.3 Å². The summed E-state index contributed by atoms with van der Waals surface area (Å²) in [6, 6.07) is 0. The van der Waals surface area contributed by atoms with Crippen LogP contribution in [0.4, 0.5) is 0 Å². The van der Waals surface area contributed by atoms with Crippen LogP contribution in [0.5, 0.6) is 0 Å². The number of hydrogen-bond donors (Lipinski definition) is 1. The Hall–Kier alpha value is -0.410. The van der Waals surface area contributed by atoms with Crippen LogP contribution in [-0.2, 0) is 6.54 Å². The summed E-state index contributed by atoms with van der Waals surface area (Å²) >= 11 is 1.78. The van der Waals surface area contributed by atoms with Gasteiger partial charge < -0.3 is 5.32 Å². The third-order valence-corrected chi connectivity index (χ3v) is 3.16. The molecule has 3 heteroatoms. The van der Waals surface area contributed by atoms with Gasteiger partial charge in [-0.25, -0.2) is 4.98 Å². The van der Waals surface area contributed by atoms with Gasteiger partial charge in [0.1, 0.15) is 0 Å². The molecule has 0 amide bonds. The highest BCUT2D eigenvalue weighted by atomic mass is 32.1. The van der Waals surface area contributed by atoms with Crippen molar-refractivity contribution in [2.45, 2.75) is 40.2 Å². The monoisotopic (exact) mass is 212 g/mol. The van der Waals surface area contributed by atoms with Crippen molar-refractivity contribution < 1.29 is 0 Å². The Balaban J connectivity index is 2.15. The molecule has 2 nitrogen and oxygen atoms in total. The molecule has 0 saturated heterocycles. The van der Waals surface area contributed by atoms with Crippen molar-refractivity contribution in [3.05, 3.63) is 16.1 Å². The summed E-state index contributed by atoms with van der Waals surface area (Å²) in [7, 11) is 0. The van der Waals surface area contributed by atoms with Gasteiger partial charge in [0.2, 0.25) is 0 Å². The zero-order chi connectivity index (χ0) is 10.4. The van der Waals surface area contributed by atoms with Crippen molar-refractivity contribution in [3.63, 3.8) is 0 Å². The second-order valence-electron chi connectivity index (χ2n) is 3.87. The number of thiazole rings is 1. The lowest BCUT2D eigenvalue weighted by molar-refractivity contribution is 0.477. The van der Waals surface area contributed by atoms with E-state index in [2.05, 4.69) is 24.1 Å². The molecule has 1 rings (SSSR count). The van der Waals surface area contributed by atoms with E-state index in [0.717, 1.165) is 24.0 Å². The molecule has 1 atom stereocenters. The smallest absolute Gasteiger partial charge is 0.0897 e. The molecular weight excluding hydrogens is 192 g/mol. The summed E-state index contributed by atoms with van der Waals surface area (Å²) in [6.07, 6.45) is 4.56. The van der Waals surface area contributed by atoms with E-state index in [-0.39, 0.29) is 0 Å². The molecule has 1 heterocycles. The Morgan fingerprint density at radius 1 is 1.57 bits per heavy atom. The van der Waals surface area contributed by atoms with Gasteiger partial charge in [0.25, 0.3) is 0 Å². The molecular formula is C11H20N2S. The van der Waals surface area contributed by atoms with Crippen LogP contribution in [-0.4, -0.2) is 11.5 Å². The first-order valence-corrected chi connectivity index (χ1v) is 6.16. The molecule has 0 aromatic carbocycles. The number of nitrogens with one attached hydrogen (secondary N) is 1. The first-order chi connectivity index (χ1) is 6.72. The first kappa shape index (κ1) is 11.7. The Labute approximate surface area is 90.8 Å². The summed E-state index contributed by atoms with van der Waals surface area (Å²) in [5.74, 6) is 0.786. The Bertz CT molecular complexity index is 258. The largest absolute Gasteiger partial charge is 0.312 e. The Morgan fingerprint density at radius 3 is 2.93 bits per heavy atom. The average molecular weight is 212 g/mol. The molecule has 0 fully saturated rings. The zero-order valence-electron chi connectivity index (χ0n) is 9.34. The number of rotatable bonds is 6.